The highest BCUT2D eigenvalue weighted by Gasteiger charge is 2.24. The van der Waals surface area contributed by atoms with Crippen LogP contribution in [-0.4, -0.2) is 50.8 Å². The first-order valence-electron chi connectivity index (χ1n) is 5.84. The van der Waals surface area contributed by atoms with E-state index in [1.807, 2.05) is 30.9 Å². The summed E-state index contributed by atoms with van der Waals surface area (Å²) in [6.45, 7) is 2.96. The Hall–Kier alpha value is -1.60. The van der Waals surface area contributed by atoms with Crippen molar-refractivity contribution < 1.29 is 9.59 Å². The summed E-state index contributed by atoms with van der Waals surface area (Å²) >= 11 is 1.21. The number of hydrogen-bond acceptors (Lipinski definition) is 6. The molecule has 1 rings (SSSR count). The minimum atomic E-state index is -0.604. The Bertz CT molecular complexity index is 496. The van der Waals surface area contributed by atoms with Gasteiger partial charge >= 0.3 is 0 Å². The molecule has 0 radical (unpaired) electrons. The van der Waals surface area contributed by atoms with Crippen molar-refractivity contribution >= 4 is 33.7 Å². The normalized spacial score (nSPS) is 10.8. The highest BCUT2D eigenvalue weighted by Crippen LogP contribution is 2.37. The number of Topliss-reactive ketones (excluding diaryl/α,β-unsaturated/α-hetero) is 1. The molecule has 0 aliphatic rings. The molecule has 0 fully saturated rings. The van der Waals surface area contributed by atoms with Crippen molar-refractivity contribution in [1.29, 1.82) is 0 Å². The van der Waals surface area contributed by atoms with Crippen LogP contribution in [0.15, 0.2) is 0 Å². The van der Waals surface area contributed by atoms with Crippen molar-refractivity contribution in [3.05, 3.63) is 10.4 Å². The number of ketones is 1. The van der Waals surface area contributed by atoms with Gasteiger partial charge < -0.3 is 21.3 Å². The second-order valence-corrected chi connectivity index (χ2v) is 5.67. The van der Waals surface area contributed by atoms with E-state index < -0.39 is 5.91 Å². The smallest absolute Gasteiger partial charge is 0.253 e. The first-order chi connectivity index (χ1) is 8.75. The molecule has 1 heterocycles. The molecule has 1 aromatic heterocycles. The number of thiophene rings is 1. The molecule has 0 atom stereocenters. The van der Waals surface area contributed by atoms with Crippen LogP contribution in [0.5, 0.6) is 0 Å². The zero-order chi connectivity index (χ0) is 14.7. The molecule has 0 saturated carbocycles. The average molecular weight is 284 g/mol. The van der Waals surface area contributed by atoms with E-state index in [1.165, 1.54) is 18.3 Å². The summed E-state index contributed by atoms with van der Waals surface area (Å²) in [5.74, 6) is -0.759. The van der Waals surface area contributed by atoms with Crippen LogP contribution >= 0.6 is 11.3 Å². The molecule has 1 aromatic rings. The predicted molar refractivity (Wildman–Crippen MR) is 79.1 cm³/mol. The summed E-state index contributed by atoms with van der Waals surface area (Å²) < 4.78 is 0. The van der Waals surface area contributed by atoms with Crippen molar-refractivity contribution in [3.8, 4) is 0 Å². The number of nitrogens with two attached hydrogens (primary N) is 2. The third-order valence-corrected chi connectivity index (χ3v) is 4.14. The lowest BCUT2D eigenvalue weighted by Gasteiger charge is -2.20. The number of carbonyl (C=O) groups excluding carboxylic acids is 2. The molecular weight excluding hydrogens is 264 g/mol. The van der Waals surface area contributed by atoms with Crippen molar-refractivity contribution in [3.63, 3.8) is 0 Å². The summed E-state index contributed by atoms with van der Waals surface area (Å²) in [5.41, 5.74) is 11.7. The number of anilines is 2. The fourth-order valence-electron chi connectivity index (χ4n) is 1.65. The SMILES string of the molecule is CC(=O)c1sc(N(C)CCN(C)C)c(C(N)=O)c1N. The number of amides is 1. The second-order valence-electron chi connectivity index (χ2n) is 4.67. The molecule has 6 nitrogen and oxygen atoms in total. The number of rotatable bonds is 6. The number of nitrogen functional groups attached to an aromatic ring is 1. The maximum atomic E-state index is 11.5. The molecule has 0 aromatic carbocycles. The van der Waals surface area contributed by atoms with Gasteiger partial charge in [-0.3, -0.25) is 9.59 Å². The van der Waals surface area contributed by atoms with Crippen LogP contribution in [-0.2, 0) is 0 Å². The number of primary amides is 1. The van der Waals surface area contributed by atoms with Gasteiger partial charge in [0.1, 0.15) is 5.00 Å². The van der Waals surface area contributed by atoms with Gasteiger partial charge in [0.05, 0.1) is 16.1 Å². The van der Waals surface area contributed by atoms with Crippen LogP contribution in [0.2, 0.25) is 0 Å². The first kappa shape index (κ1) is 15.5. The Kier molecular flexibility index (Phi) is 4.90. The topological polar surface area (TPSA) is 92.7 Å². The highest BCUT2D eigenvalue weighted by molar-refractivity contribution is 7.19. The quantitative estimate of drug-likeness (QED) is 0.747. The largest absolute Gasteiger partial charge is 0.397 e. The van der Waals surface area contributed by atoms with Gasteiger partial charge in [-0.1, -0.05) is 0 Å². The lowest BCUT2D eigenvalue weighted by molar-refractivity contribution is 0.100. The Morgan fingerprint density at radius 2 is 1.79 bits per heavy atom. The van der Waals surface area contributed by atoms with Crippen molar-refractivity contribution in [2.75, 3.05) is 44.9 Å². The third-order valence-electron chi connectivity index (χ3n) is 2.72. The van der Waals surface area contributed by atoms with Gasteiger partial charge in [0, 0.05) is 27.1 Å². The summed E-state index contributed by atoms with van der Waals surface area (Å²) in [7, 11) is 5.78. The highest BCUT2D eigenvalue weighted by atomic mass is 32.1. The summed E-state index contributed by atoms with van der Waals surface area (Å²) in [5, 5.41) is 0.650. The van der Waals surface area contributed by atoms with E-state index in [0.29, 0.717) is 16.4 Å². The van der Waals surface area contributed by atoms with Gasteiger partial charge in [-0.25, -0.2) is 0 Å². The molecule has 7 heteroatoms. The van der Waals surface area contributed by atoms with E-state index in [1.54, 1.807) is 0 Å². The van der Waals surface area contributed by atoms with E-state index in [0.717, 1.165) is 6.54 Å². The fourth-order valence-corrected chi connectivity index (χ4v) is 2.76. The Labute approximate surface area is 117 Å². The predicted octanol–water partition coefficient (Wildman–Crippen LogP) is 0.630. The van der Waals surface area contributed by atoms with Crippen LogP contribution in [0.1, 0.15) is 27.0 Å². The fraction of sp³-hybridized carbons (Fsp3) is 0.500. The molecular formula is C12H20N4O2S. The molecule has 0 bridgehead atoms. The van der Waals surface area contributed by atoms with E-state index in [4.69, 9.17) is 11.5 Å². The monoisotopic (exact) mass is 284 g/mol. The van der Waals surface area contributed by atoms with Gasteiger partial charge in [0.15, 0.2) is 5.78 Å². The summed E-state index contributed by atoms with van der Waals surface area (Å²) in [4.78, 5) is 27.3. The van der Waals surface area contributed by atoms with E-state index in [-0.39, 0.29) is 17.0 Å². The van der Waals surface area contributed by atoms with Crippen LogP contribution in [0, 0.1) is 0 Å². The third kappa shape index (κ3) is 3.45. The van der Waals surface area contributed by atoms with Gasteiger partial charge in [0.25, 0.3) is 5.91 Å². The lowest BCUT2D eigenvalue weighted by atomic mass is 10.2. The molecule has 0 aliphatic heterocycles. The summed E-state index contributed by atoms with van der Waals surface area (Å²) in [6.07, 6.45) is 0. The maximum Gasteiger partial charge on any atom is 0.253 e. The van der Waals surface area contributed by atoms with Crippen LogP contribution in [0.3, 0.4) is 0 Å². The van der Waals surface area contributed by atoms with E-state index in [2.05, 4.69) is 0 Å². The van der Waals surface area contributed by atoms with Crippen molar-refractivity contribution in [2.24, 2.45) is 5.73 Å². The minimum Gasteiger partial charge on any atom is -0.397 e. The standard InChI is InChI=1S/C12H20N4O2S/c1-7(17)10-9(13)8(11(14)18)12(19-10)16(4)6-5-15(2)3/h5-6,13H2,1-4H3,(H2,14,18). The molecule has 4 N–H and O–H groups in total. The van der Waals surface area contributed by atoms with Gasteiger partial charge in [-0.2, -0.15) is 0 Å². The minimum absolute atomic E-state index is 0.155. The van der Waals surface area contributed by atoms with Crippen molar-refractivity contribution in [1.82, 2.24) is 4.90 Å². The Morgan fingerprint density at radius 3 is 2.21 bits per heavy atom. The Balaban J connectivity index is 3.15. The van der Waals surface area contributed by atoms with Crippen LogP contribution in [0.4, 0.5) is 10.7 Å². The molecule has 0 saturated heterocycles. The molecule has 106 valence electrons. The molecule has 0 aliphatic carbocycles. The zero-order valence-corrected chi connectivity index (χ0v) is 12.5. The summed E-state index contributed by atoms with van der Waals surface area (Å²) in [6, 6.07) is 0. The molecule has 0 spiro atoms. The number of nitrogens with zero attached hydrogens (tertiary/aromatic N) is 2. The zero-order valence-electron chi connectivity index (χ0n) is 11.7. The molecule has 19 heavy (non-hydrogen) atoms. The van der Waals surface area contributed by atoms with Gasteiger partial charge in [0.2, 0.25) is 0 Å². The number of carbonyl (C=O) groups is 2. The number of likely N-dealkylation sites (N-methyl/N-ethyl adjacent to an activating group) is 2. The van der Waals surface area contributed by atoms with E-state index in [9.17, 15) is 9.59 Å². The second kappa shape index (κ2) is 6.03. The molecule has 0 unspecified atom stereocenters. The Morgan fingerprint density at radius 1 is 1.21 bits per heavy atom. The average Bonchev–Trinajstić information content (AvgIpc) is 2.63. The van der Waals surface area contributed by atoms with E-state index >= 15 is 0 Å². The van der Waals surface area contributed by atoms with Gasteiger partial charge in [-0.05, 0) is 14.1 Å². The molecule has 1 amide bonds. The first-order valence-corrected chi connectivity index (χ1v) is 6.66. The maximum absolute atomic E-state index is 11.5. The van der Waals surface area contributed by atoms with Crippen LogP contribution < -0.4 is 16.4 Å². The lowest BCUT2D eigenvalue weighted by Crippen LogP contribution is -2.29. The van der Waals surface area contributed by atoms with Gasteiger partial charge in [-0.15, -0.1) is 11.3 Å². The number of hydrogen-bond donors (Lipinski definition) is 2. The van der Waals surface area contributed by atoms with Crippen molar-refractivity contribution in [2.45, 2.75) is 6.92 Å². The van der Waals surface area contributed by atoms with Crippen LogP contribution in [0.25, 0.3) is 0 Å².